The summed E-state index contributed by atoms with van der Waals surface area (Å²) < 4.78 is 1.06. The van der Waals surface area contributed by atoms with E-state index in [0.29, 0.717) is 30.7 Å². The fourth-order valence-corrected chi connectivity index (χ4v) is 7.20. The van der Waals surface area contributed by atoms with Crippen LogP contribution < -0.4 is 0 Å². The van der Waals surface area contributed by atoms with Crippen molar-refractivity contribution in [3.8, 4) is 0 Å². The molecule has 0 N–H and O–H groups in total. The highest BCUT2D eigenvalue weighted by Crippen LogP contribution is 2.43. The summed E-state index contributed by atoms with van der Waals surface area (Å²) in [4.78, 5) is 37.7. The number of carbonyl (C=O) groups is 2. The predicted octanol–water partition coefficient (Wildman–Crippen LogP) is 5.99. The van der Waals surface area contributed by atoms with Gasteiger partial charge in [-0.2, -0.15) is 0 Å². The number of likely N-dealkylation sites (tertiary alicyclic amines) is 3. The molecule has 0 bridgehead atoms. The van der Waals surface area contributed by atoms with E-state index in [1.165, 1.54) is 11.1 Å². The number of piperidine rings is 1. The normalized spacial score (nSPS) is 21.7. The van der Waals surface area contributed by atoms with E-state index in [4.69, 9.17) is 0 Å². The third-order valence-corrected chi connectivity index (χ3v) is 9.82. The van der Waals surface area contributed by atoms with E-state index in [9.17, 15) is 9.59 Å². The maximum absolute atomic E-state index is 13.6. The molecule has 2 aromatic carbocycles. The molecule has 0 radical (unpaired) electrons. The van der Waals surface area contributed by atoms with Crippen molar-refractivity contribution < 1.29 is 9.59 Å². The molecule has 224 valence electrons. The Balaban J connectivity index is 0.00000202. The highest BCUT2D eigenvalue weighted by molar-refractivity contribution is 9.10. The second-order valence-corrected chi connectivity index (χ2v) is 12.7. The second-order valence-electron chi connectivity index (χ2n) is 11.8. The van der Waals surface area contributed by atoms with Gasteiger partial charge < -0.3 is 14.7 Å². The van der Waals surface area contributed by atoms with Crippen molar-refractivity contribution in [2.24, 2.45) is 11.3 Å². The fourth-order valence-electron chi connectivity index (χ4n) is 6.94. The minimum absolute atomic E-state index is 0. The van der Waals surface area contributed by atoms with Gasteiger partial charge in [0.15, 0.2) is 0 Å². The standard InChI is InChI=1S/C33H37BrN4O2.2ClH/c34-29-10-8-25(9-11-29)21-37-18-14-33(32(37)40)12-16-36(17-13-33)22-28-23-38(24-30(28)27-6-2-1-3-7-27)31(39)19-26-5-4-15-35-20-26;;/h1-11,15,20,28,30H,12-14,16-19,21-24H2;2*1H. The molecule has 2 atom stereocenters. The van der Waals surface area contributed by atoms with E-state index in [2.05, 4.69) is 78.1 Å². The molecule has 1 spiro atoms. The lowest BCUT2D eigenvalue weighted by molar-refractivity contribution is -0.139. The monoisotopic (exact) mass is 672 g/mol. The smallest absolute Gasteiger partial charge is 0.229 e. The van der Waals surface area contributed by atoms with Crippen molar-refractivity contribution >= 4 is 52.6 Å². The number of hydrogen-bond donors (Lipinski definition) is 0. The van der Waals surface area contributed by atoms with Gasteiger partial charge in [0, 0.05) is 55.5 Å². The second kappa shape index (κ2) is 14.3. The number of aromatic nitrogens is 1. The Morgan fingerprint density at radius 1 is 0.881 bits per heavy atom. The zero-order valence-corrected chi connectivity index (χ0v) is 27.0. The maximum atomic E-state index is 13.6. The molecule has 3 aromatic rings. The summed E-state index contributed by atoms with van der Waals surface area (Å²) >= 11 is 3.50. The van der Waals surface area contributed by atoms with Crippen LogP contribution in [0, 0.1) is 11.3 Å². The van der Waals surface area contributed by atoms with Gasteiger partial charge in [0.05, 0.1) is 11.8 Å². The minimum atomic E-state index is -0.202. The number of pyridine rings is 1. The number of amides is 2. The summed E-state index contributed by atoms with van der Waals surface area (Å²) in [5.74, 6) is 1.22. The predicted molar refractivity (Wildman–Crippen MR) is 174 cm³/mol. The SMILES string of the molecule is Cl.Cl.O=C(Cc1cccnc1)N1CC(CN2CCC3(CC2)CCN(Cc2ccc(Br)cc2)C3=O)C(c2ccccc2)C1. The molecule has 6 rings (SSSR count). The summed E-state index contributed by atoms with van der Waals surface area (Å²) in [5, 5.41) is 0. The van der Waals surface area contributed by atoms with Crippen molar-refractivity contribution in [1.29, 1.82) is 0 Å². The van der Waals surface area contributed by atoms with Crippen LogP contribution >= 0.6 is 40.7 Å². The first kappa shape index (κ1) is 32.5. The molecule has 42 heavy (non-hydrogen) atoms. The van der Waals surface area contributed by atoms with Gasteiger partial charge in [0.1, 0.15) is 0 Å². The molecule has 9 heteroatoms. The zero-order chi connectivity index (χ0) is 27.5. The van der Waals surface area contributed by atoms with Crippen LogP contribution in [0.3, 0.4) is 0 Å². The number of carbonyl (C=O) groups excluding carboxylic acids is 2. The van der Waals surface area contributed by atoms with Crippen LogP contribution in [0.2, 0.25) is 0 Å². The molecule has 1 aromatic heterocycles. The Labute approximate surface area is 269 Å². The molecule has 2 unspecified atom stereocenters. The lowest BCUT2D eigenvalue weighted by Gasteiger charge is -2.39. The molecular formula is C33H39BrCl2N4O2. The maximum Gasteiger partial charge on any atom is 0.229 e. The Hall–Kier alpha value is -2.45. The van der Waals surface area contributed by atoms with E-state index >= 15 is 0 Å². The Morgan fingerprint density at radius 2 is 1.60 bits per heavy atom. The van der Waals surface area contributed by atoms with E-state index in [0.717, 1.165) is 68.6 Å². The van der Waals surface area contributed by atoms with Gasteiger partial charge in [0.2, 0.25) is 11.8 Å². The molecule has 3 aliphatic heterocycles. The van der Waals surface area contributed by atoms with Crippen molar-refractivity contribution in [2.75, 3.05) is 39.3 Å². The van der Waals surface area contributed by atoms with Gasteiger partial charge in [0.25, 0.3) is 0 Å². The quantitative estimate of drug-likeness (QED) is 0.310. The van der Waals surface area contributed by atoms with Crippen LogP contribution in [0.1, 0.15) is 41.9 Å². The van der Waals surface area contributed by atoms with Crippen molar-refractivity contribution in [2.45, 2.75) is 38.1 Å². The molecule has 2 amide bonds. The van der Waals surface area contributed by atoms with Crippen molar-refractivity contribution in [1.82, 2.24) is 19.7 Å². The van der Waals surface area contributed by atoms with E-state index in [1.807, 2.05) is 24.3 Å². The highest BCUT2D eigenvalue weighted by Gasteiger charge is 2.48. The average Bonchev–Trinajstić information content (AvgIpc) is 3.54. The summed E-state index contributed by atoms with van der Waals surface area (Å²) in [5.41, 5.74) is 3.25. The van der Waals surface area contributed by atoms with Crippen LogP contribution in [-0.4, -0.2) is 70.8 Å². The van der Waals surface area contributed by atoms with Gasteiger partial charge in [-0.15, -0.1) is 24.8 Å². The largest absolute Gasteiger partial charge is 0.341 e. The van der Waals surface area contributed by atoms with Crippen LogP contribution in [0.5, 0.6) is 0 Å². The van der Waals surface area contributed by atoms with Crippen LogP contribution in [-0.2, 0) is 22.6 Å². The Bertz CT molecular complexity index is 1320. The van der Waals surface area contributed by atoms with Crippen molar-refractivity contribution in [3.63, 3.8) is 0 Å². The Morgan fingerprint density at radius 3 is 2.29 bits per heavy atom. The molecular weight excluding hydrogens is 635 g/mol. The zero-order valence-electron chi connectivity index (χ0n) is 23.7. The van der Waals surface area contributed by atoms with Gasteiger partial charge in [-0.3, -0.25) is 14.6 Å². The summed E-state index contributed by atoms with van der Waals surface area (Å²) in [6.07, 6.45) is 6.74. The van der Waals surface area contributed by atoms with Crippen LogP contribution in [0.25, 0.3) is 0 Å². The van der Waals surface area contributed by atoms with E-state index in [-0.39, 0.29) is 36.1 Å². The summed E-state index contributed by atoms with van der Waals surface area (Å²) in [6.45, 7) is 5.93. The first-order valence-electron chi connectivity index (χ1n) is 14.5. The molecule has 6 nitrogen and oxygen atoms in total. The van der Waals surface area contributed by atoms with E-state index in [1.54, 1.807) is 12.4 Å². The minimum Gasteiger partial charge on any atom is -0.341 e. The molecule has 0 saturated carbocycles. The summed E-state index contributed by atoms with van der Waals surface area (Å²) in [7, 11) is 0. The topological polar surface area (TPSA) is 56.8 Å². The number of benzene rings is 2. The van der Waals surface area contributed by atoms with Gasteiger partial charge in [-0.25, -0.2) is 0 Å². The first-order valence-corrected chi connectivity index (χ1v) is 15.3. The Kier molecular flexibility index (Phi) is 11.1. The van der Waals surface area contributed by atoms with Crippen LogP contribution in [0.4, 0.5) is 0 Å². The molecule has 4 heterocycles. The van der Waals surface area contributed by atoms with Gasteiger partial charge in [-0.1, -0.05) is 64.5 Å². The van der Waals surface area contributed by atoms with Gasteiger partial charge >= 0.3 is 0 Å². The van der Waals surface area contributed by atoms with E-state index < -0.39 is 0 Å². The fraction of sp³-hybridized carbons (Fsp3) is 0.424. The molecule has 0 aliphatic carbocycles. The number of nitrogens with zero attached hydrogens (tertiary/aromatic N) is 4. The highest BCUT2D eigenvalue weighted by atomic mass is 79.9. The summed E-state index contributed by atoms with van der Waals surface area (Å²) in [6, 6.07) is 22.8. The van der Waals surface area contributed by atoms with Crippen LogP contribution in [0.15, 0.2) is 83.6 Å². The molecule has 3 saturated heterocycles. The molecule has 3 aliphatic rings. The lowest BCUT2D eigenvalue weighted by atomic mass is 9.76. The van der Waals surface area contributed by atoms with Crippen molar-refractivity contribution in [3.05, 3.63) is 100 Å². The molecule has 3 fully saturated rings. The third kappa shape index (κ3) is 7.19. The van der Waals surface area contributed by atoms with Gasteiger partial charge in [-0.05, 0) is 73.2 Å². The third-order valence-electron chi connectivity index (χ3n) is 9.29. The first-order chi connectivity index (χ1) is 19.5. The number of halogens is 3. The average molecular weight is 675 g/mol. The lowest BCUT2D eigenvalue weighted by Crippen LogP contribution is -2.46. The number of rotatable bonds is 7. The number of hydrogen-bond acceptors (Lipinski definition) is 4.